The van der Waals surface area contributed by atoms with E-state index in [0.29, 0.717) is 28.9 Å². The van der Waals surface area contributed by atoms with Crippen molar-refractivity contribution in [3.05, 3.63) is 47.0 Å². The molecule has 0 amide bonds. The lowest BCUT2D eigenvalue weighted by Gasteiger charge is -2.31. The molecule has 0 spiro atoms. The number of hydrogen-bond donors (Lipinski definition) is 0. The van der Waals surface area contributed by atoms with Gasteiger partial charge in [0.15, 0.2) is 11.6 Å². The highest BCUT2D eigenvalue weighted by atomic mass is 19.2. The average molecular weight is 417 g/mol. The van der Waals surface area contributed by atoms with Gasteiger partial charge < -0.3 is 4.74 Å². The highest BCUT2D eigenvalue weighted by molar-refractivity contribution is 5.32. The van der Waals surface area contributed by atoms with Gasteiger partial charge in [-0.1, -0.05) is 51.0 Å². The van der Waals surface area contributed by atoms with Gasteiger partial charge in [0, 0.05) is 5.92 Å². The number of ether oxygens (including phenoxy) is 1. The van der Waals surface area contributed by atoms with Crippen LogP contribution < -0.4 is 0 Å². The third-order valence-electron chi connectivity index (χ3n) is 7.96. The maximum Gasteiger partial charge on any atom is 0.162 e. The quantitative estimate of drug-likeness (QED) is 0.443. The van der Waals surface area contributed by atoms with Crippen LogP contribution in [0.4, 0.5) is 8.78 Å². The van der Waals surface area contributed by atoms with Crippen LogP contribution in [-0.4, -0.2) is 12.7 Å². The van der Waals surface area contributed by atoms with Gasteiger partial charge in [0.2, 0.25) is 0 Å². The molecule has 0 heterocycles. The van der Waals surface area contributed by atoms with Crippen molar-refractivity contribution >= 4 is 0 Å². The van der Waals surface area contributed by atoms with Gasteiger partial charge in [0.05, 0.1) is 12.7 Å². The van der Waals surface area contributed by atoms with E-state index in [4.69, 9.17) is 4.74 Å². The van der Waals surface area contributed by atoms with Crippen molar-refractivity contribution in [2.75, 3.05) is 6.61 Å². The van der Waals surface area contributed by atoms with E-state index >= 15 is 0 Å². The van der Waals surface area contributed by atoms with E-state index in [1.165, 1.54) is 12.8 Å². The lowest BCUT2D eigenvalue weighted by atomic mass is 9.77. The van der Waals surface area contributed by atoms with Crippen LogP contribution in [0.15, 0.2) is 24.3 Å². The topological polar surface area (TPSA) is 9.23 Å². The summed E-state index contributed by atoms with van der Waals surface area (Å²) in [5, 5.41) is 0. The number of halogens is 2. The fourth-order valence-electron chi connectivity index (χ4n) is 5.74. The SMILES string of the molecule is CC1C=CC(COC2CCC(c3ccc(C4CCC(C)CC4)c(F)c3F)CC2)CC1. The van der Waals surface area contributed by atoms with Gasteiger partial charge in [-0.25, -0.2) is 8.78 Å². The maximum atomic E-state index is 15.0. The number of benzene rings is 1. The second-order valence-electron chi connectivity index (χ2n) is 10.3. The Bertz CT molecular complexity index is 727. The van der Waals surface area contributed by atoms with E-state index in [-0.39, 0.29) is 17.9 Å². The molecule has 1 nitrogen and oxygen atoms in total. The molecule has 2 unspecified atom stereocenters. The van der Waals surface area contributed by atoms with Crippen molar-refractivity contribution in [2.24, 2.45) is 17.8 Å². The molecule has 3 heteroatoms. The summed E-state index contributed by atoms with van der Waals surface area (Å²) >= 11 is 0. The molecule has 2 fully saturated rings. The van der Waals surface area contributed by atoms with Crippen LogP contribution in [0.25, 0.3) is 0 Å². The molecule has 0 saturated heterocycles. The van der Waals surface area contributed by atoms with E-state index in [2.05, 4.69) is 26.0 Å². The van der Waals surface area contributed by atoms with Gasteiger partial charge in [-0.05, 0) is 86.2 Å². The predicted molar refractivity (Wildman–Crippen MR) is 119 cm³/mol. The molecule has 2 atom stereocenters. The molecule has 3 aliphatic rings. The molecule has 0 aliphatic heterocycles. The smallest absolute Gasteiger partial charge is 0.162 e. The van der Waals surface area contributed by atoms with Crippen LogP contribution in [0.3, 0.4) is 0 Å². The minimum atomic E-state index is -0.586. The van der Waals surface area contributed by atoms with Crippen molar-refractivity contribution in [3.63, 3.8) is 0 Å². The molecule has 0 radical (unpaired) electrons. The van der Waals surface area contributed by atoms with Crippen LogP contribution in [0.2, 0.25) is 0 Å². The Balaban J connectivity index is 1.31. The highest BCUT2D eigenvalue weighted by Crippen LogP contribution is 2.40. The summed E-state index contributed by atoms with van der Waals surface area (Å²) in [5.41, 5.74) is 1.19. The maximum absolute atomic E-state index is 15.0. The summed E-state index contributed by atoms with van der Waals surface area (Å²) in [6.07, 6.45) is 15.2. The summed E-state index contributed by atoms with van der Waals surface area (Å²) < 4.78 is 36.1. The monoisotopic (exact) mass is 416 g/mol. The zero-order valence-corrected chi connectivity index (χ0v) is 18.7. The average Bonchev–Trinajstić information content (AvgIpc) is 2.76. The first-order valence-corrected chi connectivity index (χ1v) is 12.3. The Morgan fingerprint density at radius 1 is 0.733 bits per heavy atom. The van der Waals surface area contributed by atoms with Crippen LogP contribution in [0, 0.1) is 29.4 Å². The van der Waals surface area contributed by atoms with Gasteiger partial charge in [0.25, 0.3) is 0 Å². The second-order valence-corrected chi connectivity index (χ2v) is 10.3. The molecular weight excluding hydrogens is 378 g/mol. The second kappa shape index (κ2) is 9.94. The first-order valence-electron chi connectivity index (χ1n) is 12.3. The van der Waals surface area contributed by atoms with Crippen molar-refractivity contribution in [2.45, 2.75) is 96.0 Å². The van der Waals surface area contributed by atoms with Crippen molar-refractivity contribution in [3.8, 4) is 0 Å². The molecule has 3 aliphatic carbocycles. The van der Waals surface area contributed by atoms with Gasteiger partial charge in [-0.15, -0.1) is 0 Å². The molecule has 1 aromatic carbocycles. The summed E-state index contributed by atoms with van der Waals surface area (Å²) in [7, 11) is 0. The Labute approximate surface area is 181 Å². The zero-order valence-electron chi connectivity index (χ0n) is 18.7. The Morgan fingerprint density at radius 3 is 1.83 bits per heavy atom. The zero-order chi connectivity index (χ0) is 21.1. The van der Waals surface area contributed by atoms with Crippen LogP contribution in [0.1, 0.15) is 101 Å². The number of rotatable bonds is 5. The number of allylic oxidation sites excluding steroid dienone is 1. The third kappa shape index (κ3) is 5.15. The van der Waals surface area contributed by atoms with E-state index in [1.807, 2.05) is 12.1 Å². The van der Waals surface area contributed by atoms with Crippen LogP contribution in [0.5, 0.6) is 0 Å². The van der Waals surface area contributed by atoms with E-state index < -0.39 is 11.6 Å². The molecule has 0 bridgehead atoms. The Hall–Kier alpha value is -1.22. The fourth-order valence-corrected chi connectivity index (χ4v) is 5.74. The molecule has 0 aromatic heterocycles. The summed E-state index contributed by atoms with van der Waals surface area (Å²) in [6.45, 7) is 5.32. The first-order chi connectivity index (χ1) is 14.5. The predicted octanol–water partition coefficient (Wildman–Crippen LogP) is 7.90. The van der Waals surface area contributed by atoms with Crippen molar-refractivity contribution in [1.29, 1.82) is 0 Å². The molecule has 30 heavy (non-hydrogen) atoms. The van der Waals surface area contributed by atoms with Gasteiger partial charge >= 0.3 is 0 Å². The minimum Gasteiger partial charge on any atom is -0.378 e. The normalized spacial score (nSPS) is 34.8. The lowest BCUT2D eigenvalue weighted by molar-refractivity contribution is 0.00921. The lowest BCUT2D eigenvalue weighted by Crippen LogP contribution is -2.24. The molecule has 166 valence electrons. The standard InChI is InChI=1S/C27H38F2O/c1-18-3-7-20(8-4-18)17-30-23-13-11-22(12-14-23)25-16-15-24(26(28)27(25)29)21-9-5-19(2)6-10-21/h3,7,15-16,18-23H,4-6,8-14,17H2,1-2H3. The van der Waals surface area contributed by atoms with Crippen molar-refractivity contribution < 1.29 is 13.5 Å². The fraction of sp³-hybridized carbons (Fsp3) is 0.704. The van der Waals surface area contributed by atoms with E-state index in [0.717, 1.165) is 58.0 Å². The number of hydrogen-bond acceptors (Lipinski definition) is 1. The first kappa shape index (κ1) is 22.0. The van der Waals surface area contributed by atoms with Crippen molar-refractivity contribution in [1.82, 2.24) is 0 Å². The van der Waals surface area contributed by atoms with Gasteiger partial charge in [0.1, 0.15) is 0 Å². The largest absolute Gasteiger partial charge is 0.378 e. The summed E-state index contributed by atoms with van der Waals surface area (Å²) in [5.74, 6) is 1.09. The van der Waals surface area contributed by atoms with Crippen LogP contribution >= 0.6 is 0 Å². The molecular formula is C27H38F2O. The molecule has 4 rings (SSSR count). The Kier molecular flexibility index (Phi) is 7.28. The van der Waals surface area contributed by atoms with Gasteiger partial charge in [-0.2, -0.15) is 0 Å². The Morgan fingerprint density at radius 2 is 1.30 bits per heavy atom. The molecule has 2 saturated carbocycles. The minimum absolute atomic E-state index is 0.121. The third-order valence-corrected chi connectivity index (χ3v) is 7.96. The van der Waals surface area contributed by atoms with Crippen LogP contribution in [-0.2, 0) is 4.74 Å². The van der Waals surface area contributed by atoms with E-state index in [1.54, 1.807) is 0 Å². The highest BCUT2D eigenvalue weighted by Gasteiger charge is 2.29. The van der Waals surface area contributed by atoms with Gasteiger partial charge in [-0.3, -0.25) is 0 Å². The molecule has 0 N–H and O–H groups in total. The van der Waals surface area contributed by atoms with E-state index in [9.17, 15) is 8.78 Å². The molecule has 1 aromatic rings. The summed E-state index contributed by atoms with van der Waals surface area (Å²) in [6, 6.07) is 3.76. The summed E-state index contributed by atoms with van der Waals surface area (Å²) in [4.78, 5) is 0.